The molecular formula is C15H18NOP. The van der Waals surface area contributed by atoms with Crippen molar-refractivity contribution < 1.29 is 4.57 Å². The van der Waals surface area contributed by atoms with Gasteiger partial charge >= 0.3 is 0 Å². The summed E-state index contributed by atoms with van der Waals surface area (Å²) in [7, 11) is -2.55. The van der Waals surface area contributed by atoms with Gasteiger partial charge in [0.2, 0.25) is 0 Å². The maximum Gasteiger partial charge on any atom is 0.156 e. The molecule has 2 aromatic rings. The lowest BCUT2D eigenvalue weighted by molar-refractivity contribution is 0.582. The zero-order valence-corrected chi connectivity index (χ0v) is 11.4. The van der Waals surface area contributed by atoms with E-state index >= 15 is 0 Å². The van der Waals surface area contributed by atoms with Gasteiger partial charge in [-0.15, -0.1) is 0 Å². The fourth-order valence-electron chi connectivity index (χ4n) is 1.94. The smallest absolute Gasteiger partial charge is 0.156 e. The molecule has 0 heterocycles. The summed E-state index contributed by atoms with van der Waals surface area (Å²) in [5.74, 6) is 0. The van der Waals surface area contributed by atoms with Gasteiger partial charge < -0.3 is 9.88 Å². The Morgan fingerprint density at radius 1 is 0.889 bits per heavy atom. The molecule has 0 bridgehead atoms. The number of benzene rings is 2. The lowest BCUT2D eigenvalue weighted by Gasteiger charge is -2.19. The van der Waals surface area contributed by atoms with Gasteiger partial charge in [-0.25, -0.2) is 0 Å². The Labute approximate surface area is 108 Å². The first-order valence-corrected chi connectivity index (χ1v) is 8.07. The molecule has 0 spiro atoms. The van der Waals surface area contributed by atoms with E-state index in [-0.39, 0.29) is 0 Å². The van der Waals surface area contributed by atoms with Crippen molar-refractivity contribution >= 4 is 17.8 Å². The average Bonchev–Trinajstić information content (AvgIpc) is 2.46. The summed E-state index contributed by atoms with van der Waals surface area (Å²) in [5.41, 5.74) is 0. The first kappa shape index (κ1) is 13.1. The van der Waals surface area contributed by atoms with Crippen LogP contribution in [0.25, 0.3) is 0 Å². The van der Waals surface area contributed by atoms with E-state index in [1.54, 1.807) is 0 Å². The van der Waals surface area contributed by atoms with Gasteiger partial charge in [0.25, 0.3) is 0 Å². The molecular weight excluding hydrogens is 241 g/mol. The van der Waals surface area contributed by atoms with Crippen LogP contribution in [0.4, 0.5) is 0 Å². The Balaban J connectivity index is 2.45. The van der Waals surface area contributed by atoms with Crippen molar-refractivity contribution in [1.29, 1.82) is 0 Å². The monoisotopic (exact) mass is 259 g/mol. The van der Waals surface area contributed by atoms with Crippen LogP contribution in [0.2, 0.25) is 0 Å². The number of rotatable bonds is 5. The van der Waals surface area contributed by atoms with Gasteiger partial charge in [0.05, 0.1) is 6.29 Å². The lowest BCUT2D eigenvalue weighted by Crippen LogP contribution is -2.26. The van der Waals surface area contributed by atoms with Crippen LogP contribution in [-0.2, 0) is 4.57 Å². The van der Waals surface area contributed by atoms with Gasteiger partial charge in [-0.3, -0.25) is 0 Å². The van der Waals surface area contributed by atoms with Crippen LogP contribution in [0, 0.1) is 0 Å². The maximum atomic E-state index is 13.3. The minimum atomic E-state index is -2.55. The van der Waals surface area contributed by atoms with Crippen LogP contribution < -0.4 is 15.9 Å². The van der Waals surface area contributed by atoms with Crippen LogP contribution >= 0.6 is 7.14 Å². The summed E-state index contributed by atoms with van der Waals surface area (Å²) in [6.45, 7) is 2.85. The standard InChI is InChI=1S/C15H18NOP/c1-2-16-13-18(17,14-9-5-3-6-10-14)15-11-7-4-8-12-15/h3-12,16H,2,13H2,1H3. The van der Waals surface area contributed by atoms with Gasteiger partial charge in [0.1, 0.15) is 0 Å². The minimum Gasteiger partial charge on any atom is -0.312 e. The van der Waals surface area contributed by atoms with Crippen molar-refractivity contribution in [2.45, 2.75) is 6.92 Å². The fourth-order valence-corrected chi connectivity index (χ4v) is 4.45. The second-order valence-corrected chi connectivity index (χ2v) is 7.00. The molecule has 0 saturated carbocycles. The Kier molecular flexibility index (Phi) is 4.35. The van der Waals surface area contributed by atoms with Gasteiger partial charge in [0, 0.05) is 10.6 Å². The van der Waals surface area contributed by atoms with Crippen LogP contribution in [-0.4, -0.2) is 12.8 Å². The van der Waals surface area contributed by atoms with E-state index < -0.39 is 7.14 Å². The summed E-state index contributed by atoms with van der Waals surface area (Å²) >= 11 is 0. The SMILES string of the molecule is CCNCP(=O)(c1ccccc1)c1ccccc1. The molecule has 3 heteroatoms. The largest absolute Gasteiger partial charge is 0.312 e. The van der Waals surface area contributed by atoms with E-state index in [2.05, 4.69) is 5.32 Å². The quantitative estimate of drug-likeness (QED) is 0.836. The van der Waals surface area contributed by atoms with E-state index in [0.717, 1.165) is 17.2 Å². The van der Waals surface area contributed by atoms with Crippen molar-refractivity contribution in [2.24, 2.45) is 0 Å². The van der Waals surface area contributed by atoms with Crippen LogP contribution in [0.15, 0.2) is 60.7 Å². The molecule has 0 aliphatic carbocycles. The molecule has 0 unspecified atom stereocenters. The van der Waals surface area contributed by atoms with Crippen molar-refractivity contribution in [3.05, 3.63) is 60.7 Å². The molecule has 0 aromatic heterocycles. The zero-order chi connectivity index (χ0) is 12.8. The van der Waals surface area contributed by atoms with E-state index in [0.29, 0.717) is 6.29 Å². The molecule has 2 rings (SSSR count). The number of hydrogen-bond donors (Lipinski definition) is 1. The molecule has 2 aromatic carbocycles. The topological polar surface area (TPSA) is 29.1 Å². The maximum absolute atomic E-state index is 13.3. The van der Waals surface area contributed by atoms with Gasteiger partial charge in [-0.05, 0) is 6.54 Å². The molecule has 2 nitrogen and oxygen atoms in total. The molecule has 0 saturated heterocycles. The summed E-state index contributed by atoms with van der Waals surface area (Å²) in [6.07, 6.45) is 0.511. The summed E-state index contributed by atoms with van der Waals surface area (Å²) < 4.78 is 13.3. The second kappa shape index (κ2) is 5.99. The molecule has 0 aliphatic rings. The summed E-state index contributed by atoms with van der Waals surface area (Å²) in [5, 5.41) is 5.05. The average molecular weight is 259 g/mol. The Morgan fingerprint density at radius 3 is 1.72 bits per heavy atom. The van der Waals surface area contributed by atoms with Crippen molar-refractivity contribution in [3.63, 3.8) is 0 Å². The Hall–Kier alpha value is -1.37. The summed E-state index contributed by atoms with van der Waals surface area (Å²) in [6, 6.07) is 19.5. The first-order chi connectivity index (χ1) is 8.77. The number of hydrogen-bond acceptors (Lipinski definition) is 2. The molecule has 0 radical (unpaired) electrons. The highest BCUT2D eigenvalue weighted by atomic mass is 31.2. The van der Waals surface area contributed by atoms with Crippen LogP contribution in [0.1, 0.15) is 6.92 Å². The van der Waals surface area contributed by atoms with Crippen molar-refractivity contribution in [3.8, 4) is 0 Å². The van der Waals surface area contributed by atoms with Gasteiger partial charge in [-0.1, -0.05) is 67.6 Å². The predicted octanol–water partition coefficient (Wildman–Crippen LogP) is 2.57. The predicted molar refractivity (Wildman–Crippen MR) is 78.3 cm³/mol. The van der Waals surface area contributed by atoms with E-state index in [1.807, 2.05) is 67.6 Å². The zero-order valence-electron chi connectivity index (χ0n) is 10.5. The normalized spacial score (nSPS) is 11.4. The van der Waals surface area contributed by atoms with E-state index in [9.17, 15) is 4.57 Å². The molecule has 0 aliphatic heterocycles. The minimum absolute atomic E-state index is 0.511. The van der Waals surface area contributed by atoms with Crippen LogP contribution in [0.3, 0.4) is 0 Å². The Bertz CT molecular complexity index is 481. The third-order valence-electron chi connectivity index (χ3n) is 2.93. The second-order valence-electron chi connectivity index (χ2n) is 4.17. The highest BCUT2D eigenvalue weighted by molar-refractivity contribution is 7.78. The summed E-state index contributed by atoms with van der Waals surface area (Å²) in [4.78, 5) is 0. The van der Waals surface area contributed by atoms with Crippen molar-refractivity contribution in [2.75, 3.05) is 12.8 Å². The molecule has 0 fully saturated rings. The van der Waals surface area contributed by atoms with Crippen LogP contribution in [0.5, 0.6) is 0 Å². The highest BCUT2D eigenvalue weighted by Gasteiger charge is 2.25. The third-order valence-corrected chi connectivity index (χ3v) is 5.86. The molecule has 94 valence electrons. The van der Waals surface area contributed by atoms with Gasteiger partial charge in [0.15, 0.2) is 7.14 Å². The van der Waals surface area contributed by atoms with E-state index in [1.165, 1.54) is 0 Å². The molecule has 0 atom stereocenters. The lowest BCUT2D eigenvalue weighted by atomic mass is 10.4. The Morgan fingerprint density at radius 2 is 1.33 bits per heavy atom. The fraction of sp³-hybridized carbons (Fsp3) is 0.200. The van der Waals surface area contributed by atoms with E-state index in [4.69, 9.17) is 0 Å². The number of nitrogens with one attached hydrogen (secondary N) is 1. The first-order valence-electron chi connectivity index (χ1n) is 6.18. The van der Waals surface area contributed by atoms with Crippen molar-refractivity contribution in [1.82, 2.24) is 5.32 Å². The molecule has 18 heavy (non-hydrogen) atoms. The molecule has 1 N–H and O–H groups in total. The molecule has 0 amide bonds. The van der Waals surface area contributed by atoms with Gasteiger partial charge in [-0.2, -0.15) is 0 Å². The highest BCUT2D eigenvalue weighted by Crippen LogP contribution is 2.41. The third kappa shape index (κ3) is 2.72.